The van der Waals surface area contributed by atoms with Gasteiger partial charge in [-0.05, 0) is 71.9 Å². The van der Waals surface area contributed by atoms with Crippen LogP contribution < -0.4 is 0 Å². The van der Waals surface area contributed by atoms with Gasteiger partial charge in [-0.3, -0.25) is 0 Å². The third-order valence-corrected chi connectivity index (χ3v) is 5.32. The zero-order valence-electron chi connectivity index (χ0n) is 15.7. The Morgan fingerprint density at radius 2 is 1.39 bits per heavy atom. The van der Waals surface area contributed by atoms with Gasteiger partial charge in [-0.15, -0.1) is 0 Å². The number of halogens is 6. The minimum absolute atomic E-state index is 0.0615. The zero-order chi connectivity index (χ0) is 20.7. The molecule has 0 aromatic heterocycles. The molecule has 0 radical (unpaired) electrons. The van der Waals surface area contributed by atoms with Crippen LogP contribution in [-0.4, -0.2) is 0 Å². The molecule has 0 amide bonds. The minimum atomic E-state index is -4.82. The van der Waals surface area contributed by atoms with Crippen molar-refractivity contribution in [1.29, 1.82) is 0 Å². The third kappa shape index (κ3) is 4.70. The van der Waals surface area contributed by atoms with Crippen LogP contribution in [0.15, 0.2) is 42.5 Å². The van der Waals surface area contributed by atoms with Gasteiger partial charge in [0.2, 0.25) is 0 Å². The van der Waals surface area contributed by atoms with Crippen molar-refractivity contribution in [3.8, 4) is 0 Å². The van der Waals surface area contributed by atoms with Gasteiger partial charge < -0.3 is 0 Å². The molecule has 0 spiro atoms. The highest BCUT2D eigenvalue weighted by Crippen LogP contribution is 2.45. The molecule has 1 aliphatic carbocycles. The maximum atomic E-state index is 13.2. The second-order valence-corrected chi connectivity index (χ2v) is 7.87. The molecule has 1 aliphatic rings. The van der Waals surface area contributed by atoms with Gasteiger partial charge in [-0.2, -0.15) is 26.3 Å². The molecular weight excluding hydrogens is 378 g/mol. The summed E-state index contributed by atoms with van der Waals surface area (Å²) in [5, 5.41) is 0. The Balaban J connectivity index is 2.02. The summed E-state index contributed by atoms with van der Waals surface area (Å²) in [6.07, 6.45) is -7.37. The highest BCUT2D eigenvalue weighted by Gasteiger charge is 2.37. The van der Waals surface area contributed by atoms with E-state index in [-0.39, 0.29) is 29.9 Å². The van der Waals surface area contributed by atoms with Crippen LogP contribution >= 0.6 is 0 Å². The van der Waals surface area contributed by atoms with E-state index in [9.17, 15) is 26.3 Å². The van der Waals surface area contributed by atoms with Crippen LogP contribution in [0.3, 0.4) is 0 Å². The van der Waals surface area contributed by atoms with Crippen molar-refractivity contribution in [3.63, 3.8) is 0 Å². The quantitative estimate of drug-likeness (QED) is 0.454. The van der Waals surface area contributed by atoms with Crippen LogP contribution in [0, 0.1) is 5.92 Å². The average molecular weight is 400 g/mol. The van der Waals surface area contributed by atoms with Gasteiger partial charge in [-0.1, -0.05) is 38.1 Å². The van der Waals surface area contributed by atoms with E-state index in [1.165, 1.54) is 5.56 Å². The van der Waals surface area contributed by atoms with Crippen molar-refractivity contribution >= 4 is 0 Å². The summed E-state index contributed by atoms with van der Waals surface area (Å²) in [6, 6.07) is 9.68. The lowest BCUT2D eigenvalue weighted by molar-refractivity contribution is -0.143. The van der Waals surface area contributed by atoms with E-state index in [1.54, 1.807) is 0 Å². The average Bonchev–Trinajstić information content (AvgIpc) is 3.42. The number of hydrogen-bond donors (Lipinski definition) is 0. The first kappa shape index (κ1) is 20.7. The van der Waals surface area contributed by atoms with Crippen LogP contribution in [-0.2, 0) is 18.8 Å². The number of hydrogen-bond acceptors (Lipinski definition) is 0. The summed E-state index contributed by atoms with van der Waals surface area (Å²) in [5.74, 6) is 0.370. The van der Waals surface area contributed by atoms with Crippen LogP contribution in [0.1, 0.15) is 66.3 Å². The van der Waals surface area contributed by atoms with Crippen LogP contribution in [0.25, 0.3) is 0 Å². The smallest absolute Gasteiger partial charge is 0.166 e. The molecule has 0 nitrogen and oxygen atoms in total. The van der Waals surface area contributed by atoms with E-state index in [0.717, 1.165) is 30.5 Å². The van der Waals surface area contributed by atoms with Crippen molar-refractivity contribution in [1.82, 2.24) is 0 Å². The van der Waals surface area contributed by atoms with Gasteiger partial charge in [0.1, 0.15) is 0 Å². The molecule has 0 aliphatic heterocycles. The monoisotopic (exact) mass is 400 g/mol. The van der Waals surface area contributed by atoms with E-state index < -0.39 is 23.5 Å². The van der Waals surface area contributed by atoms with Crippen molar-refractivity contribution in [2.45, 2.75) is 57.3 Å². The van der Waals surface area contributed by atoms with Gasteiger partial charge in [0.05, 0.1) is 11.1 Å². The van der Waals surface area contributed by atoms with E-state index in [0.29, 0.717) is 5.92 Å². The first-order valence-corrected chi connectivity index (χ1v) is 9.34. The van der Waals surface area contributed by atoms with Crippen molar-refractivity contribution in [2.75, 3.05) is 0 Å². The summed E-state index contributed by atoms with van der Waals surface area (Å²) in [6.45, 7) is 3.90. The Bertz CT molecular complexity index is 795. The molecule has 1 saturated carbocycles. The Morgan fingerprint density at radius 3 is 1.86 bits per heavy atom. The fourth-order valence-corrected chi connectivity index (χ4v) is 3.71. The SMILES string of the molecule is CC(C)C(Cc1cc(C(F)(F)F)cc(C(F)(F)F)c1)c1ccccc1C1CC1. The molecule has 0 N–H and O–H groups in total. The van der Waals surface area contributed by atoms with Crippen molar-refractivity contribution in [2.24, 2.45) is 5.92 Å². The molecule has 1 unspecified atom stereocenters. The van der Waals surface area contributed by atoms with Gasteiger partial charge in [0.15, 0.2) is 0 Å². The third-order valence-electron chi connectivity index (χ3n) is 5.32. The van der Waals surface area contributed by atoms with Crippen LogP contribution in [0.2, 0.25) is 0 Å². The molecule has 0 heterocycles. The number of alkyl halides is 6. The van der Waals surface area contributed by atoms with Crippen LogP contribution in [0.4, 0.5) is 26.3 Å². The van der Waals surface area contributed by atoms with E-state index >= 15 is 0 Å². The topological polar surface area (TPSA) is 0 Å². The lowest BCUT2D eigenvalue weighted by Gasteiger charge is -2.25. The molecule has 0 bridgehead atoms. The molecule has 2 aromatic carbocycles. The van der Waals surface area contributed by atoms with Gasteiger partial charge >= 0.3 is 12.4 Å². The molecule has 6 heteroatoms. The standard InChI is InChI=1S/C22H22F6/c1-13(2)20(19-6-4-3-5-18(19)15-7-8-15)11-14-9-16(21(23,24)25)12-17(10-14)22(26,27)28/h3-6,9-10,12-13,15,20H,7-8,11H2,1-2H3. The van der Waals surface area contributed by atoms with Crippen LogP contribution in [0.5, 0.6) is 0 Å². The highest BCUT2D eigenvalue weighted by molar-refractivity contribution is 5.39. The molecule has 1 atom stereocenters. The van der Waals surface area contributed by atoms with Gasteiger partial charge in [0, 0.05) is 0 Å². The van der Waals surface area contributed by atoms with E-state index in [2.05, 4.69) is 0 Å². The predicted octanol–water partition coefficient (Wildman–Crippen LogP) is 7.58. The van der Waals surface area contributed by atoms with E-state index in [1.807, 2.05) is 38.1 Å². The second kappa shape index (κ2) is 7.45. The Morgan fingerprint density at radius 1 is 0.857 bits per heavy atom. The fourth-order valence-electron chi connectivity index (χ4n) is 3.71. The first-order valence-electron chi connectivity index (χ1n) is 9.34. The van der Waals surface area contributed by atoms with Crippen molar-refractivity contribution in [3.05, 3.63) is 70.3 Å². The maximum Gasteiger partial charge on any atom is 0.416 e. The lowest BCUT2D eigenvalue weighted by Crippen LogP contribution is -2.15. The maximum absolute atomic E-state index is 13.2. The summed E-state index contributed by atoms with van der Waals surface area (Å²) >= 11 is 0. The Hall–Kier alpha value is -1.98. The molecule has 3 rings (SSSR count). The predicted molar refractivity (Wildman–Crippen MR) is 96.1 cm³/mol. The number of rotatable bonds is 5. The van der Waals surface area contributed by atoms with Gasteiger partial charge in [-0.25, -0.2) is 0 Å². The molecule has 0 saturated heterocycles. The zero-order valence-corrected chi connectivity index (χ0v) is 15.7. The first-order chi connectivity index (χ1) is 13.0. The molecule has 28 heavy (non-hydrogen) atoms. The molecule has 152 valence electrons. The summed E-state index contributed by atoms with van der Waals surface area (Å²) in [4.78, 5) is 0. The number of benzene rings is 2. The highest BCUT2D eigenvalue weighted by atomic mass is 19.4. The van der Waals surface area contributed by atoms with Gasteiger partial charge in [0.25, 0.3) is 0 Å². The Labute approximate surface area is 160 Å². The summed E-state index contributed by atoms with van der Waals surface area (Å²) in [5.41, 5.74) is -0.243. The Kier molecular flexibility index (Phi) is 5.52. The summed E-state index contributed by atoms with van der Waals surface area (Å²) < 4.78 is 79.0. The fraction of sp³-hybridized carbons (Fsp3) is 0.455. The lowest BCUT2D eigenvalue weighted by atomic mass is 9.80. The second-order valence-electron chi connectivity index (χ2n) is 7.87. The normalized spacial score (nSPS) is 16.5. The van der Waals surface area contributed by atoms with E-state index in [4.69, 9.17) is 0 Å². The molecular formula is C22H22F6. The summed E-state index contributed by atoms with van der Waals surface area (Å²) in [7, 11) is 0. The largest absolute Gasteiger partial charge is 0.416 e. The molecule has 2 aromatic rings. The minimum Gasteiger partial charge on any atom is -0.166 e. The molecule has 1 fully saturated rings. The van der Waals surface area contributed by atoms with Crippen molar-refractivity contribution < 1.29 is 26.3 Å².